The molecule has 2 aromatic rings. The molecule has 0 radical (unpaired) electrons. The first-order valence-electron chi connectivity index (χ1n) is 7.25. The van der Waals surface area contributed by atoms with Crippen LogP contribution < -0.4 is 5.32 Å². The molecule has 1 aromatic heterocycles. The minimum atomic E-state index is -3.83. The van der Waals surface area contributed by atoms with Crippen molar-refractivity contribution in [3.8, 4) is 17.3 Å². The van der Waals surface area contributed by atoms with Crippen molar-refractivity contribution in [1.82, 2.24) is 14.6 Å². The summed E-state index contributed by atoms with van der Waals surface area (Å²) in [6.07, 6.45) is 0. The maximum Gasteiger partial charge on any atom is 0.261 e. The quantitative estimate of drug-likeness (QED) is 0.886. The molecule has 0 saturated carbocycles. The average molecular weight is 342 g/mol. The molecule has 122 valence electrons. The van der Waals surface area contributed by atoms with E-state index in [1.807, 2.05) is 6.07 Å². The first-order valence-corrected chi connectivity index (χ1v) is 8.69. The summed E-state index contributed by atoms with van der Waals surface area (Å²) in [5, 5.41) is 11.3. The van der Waals surface area contributed by atoms with E-state index in [2.05, 4.69) is 10.3 Å². The maximum absolute atomic E-state index is 12.7. The lowest BCUT2D eigenvalue weighted by molar-refractivity contribution is -0.122. The Kier molecular flexibility index (Phi) is 4.29. The van der Waals surface area contributed by atoms with Crippen LogP contribution in [0.3, 0.4) is 0 Å². The van der Waals surface area contributed by atoms with E-state index in [1.54, 1.807) is 36.4 Å². The highest BCUT2D eigenvalue weighted by molar-refractivity contribution is 7.89. The molecule has 24 heavy (non-hydrogen) atoms. The second-order valence-corrected chi connectivity index (χ2v) is 7.12. The number of hydrogen-bond donors (Lipinski definition) is 1. The van der Waals surface area contributed by atoms with Gasteiger partial charge < -0.3 is 5.32 Å². The standard InChI is InChI=1S/C16H14N4O3S/c17-10-12-4-6-13(7-5-12)14-2-1-3-16(19-14)24(22,23)20-9-8-18-15(21)11-20/h1-7H,8-9,11H2,(H,18,21). The van der Waals surface area contributed by atoms with Crippen LogP contribution >= 0.6 is 0 Å². The summed E-state index contributed by atoms with van der Waals surface area (Å²) < 4.78 is 26.4. The Labute approximate surface area is 139 Å². The van der Waals surface area contributed by atoms with Crippen molar-refractivity contribution in [3.63, 3.8) is 0 Å². The van der Waals surface area contributed by atoms with Crippen LogP contribution in [0.25, 0.3) is 11.3 Å². The maximum atomic E-state index is 12.7. The lowest BCUT2D eigenvalue weighted by Gasteiger charge is -2.25. The van der Waals surface area contributed by atoms with Gasteiger partial charge in [0.15, 0.2) is 5.03 Å². The molecule has 0 aliphatic carbocycles. The normalized spacial score (nSPS) is 15.5. The van der Waals surface area contributed by atoms with E-state index in [0.717, 1.165) is 4.31 Å². The summed E-state index contributed by atoms with van der Waals surface area (Å²) >= 11 is 0. The van der Waals surface area contributed by atoms with E-state index < -0.39 is 10.0 Å². The number of carbonyl (C=O) groups is 1. The van der Waals surface area contributed by atoms with Crippen LogP contribution in [0, 0.1) is 11.3 Å². The van der Waals surface area contributed by atoms with Crippen molar-refractivity contribution in [2.45, 2.75) is 5.03 Å². The second-order valence-electron chi connectivity index (χ2n) is 5.24. The molecule has 1 saturated heterocycles. The van der Waals surface area contributed by atoms with E-state index >= 15 is 0 Å². The number of nitriles is 1. The number of pyridine rings is 1. The lowest BCUT2D eigenvalue weighted by atomic mass is 10.1. The number of amides is 1. The zero-order valence-corrected chi connectivity index (χ0v) is 13.5. The molecule has 1 amide bonds. The summed E-state index contributed by atoms with van der Waals surface area (Å²) in [5.74, 6) is -0.326. The van der Waals surface area contributed by atoms with E-state index in [4.69, 9.17) is 5.26 Å². The Morgan fingerprint density at radius 1 is 1.17 bits per heavy atom. The molecule has 0 spiro atoms. The Morgan fingerprint density at radius 3 is 2.58 bits per heavy atom. The molecule has 8 heteroatoms. The molecule has 0 unspecified atom stereocenters. The van der Waals surface area contributed by atoms with Gasteiger partial charge in [-0.2, -0.15) is 9.57 Å². The van der Waals surface area contributed by atoms with Crippen molar-refractivity contribution in [2.75, 3.05) is 19.6 Å². The van der Waals surface area contributed by atoms with Gasteiger partial charge in [-0.05, 0) is 24.3 Å². The van der Waals surface area contributed by atoms with E-state index in [0.29, 0.717) is 16.8 Å². The molecule has 1 aliphatic rings. The molecule has 7 nitrogen and oxygen atoms in total. The van der Waals surface area contributed by atoms with Gasteiger partial charge in [-0.1, -0.05) is 18.2 Å². The molecule has 1 aromatic carbocycles. The summed E-state index contributed by atoms with van der Waals surface area (Å²) in [4.78, 5) is 15.7. The largest absolute Gasteiger partial charge is 0.354 e. The van der Waals surface area contributed by atoms with Crippen LogP contribution in [0.4, 0.5) is 0 Å². The van der Waals surface area contributed by atoms with Gasteiger partial charge in [0.1, 0.15) is 0 Å². The minimum absolute atomic E-state index is 0.0981. The highest BCUT2D eigenvalue weighted by atomic mass is 32.2. The molecule has 1 aliphatic heterocycles. The smallest absolute Gasteiger partial charge is 0.261 e. The summed E-state index contributed by atoms with van der Waals surface area (Å²) in [7, 11) is -3.83. The van der Waals surface area contributed by atoms with E-state index in [1.165, 1.54) is 6.07 Å². The fraction of sp³-hybridized carbons (Fsp3) is 0.188. The highest BCUT2D eigenvalue weighted by Gasteiger charge is 2.30. The van der Waals surface area contributed by atoms with Crippen molar-refractivity contribution in [1.29, 1.82) is 5.26 Å². The predicted octanol–water partition coefficient (Wildman–Crippen LogP) is 0.741. The molecule has 2 heterocycles. The van der Waals surface area contributed by atoms with Gasteiger partial charge in [0, 0.05) is 18.7 Å². The van der Waals surface area contributed by atoms with Crippen molar-refractivity contribution in [3.05, 3.63) is 48.0 Å². The van der Waals surface area contributed by atoms with Crippen LogP contribution in [0.5, 0.6) is 0 Å². The predicted molar refractivity (Wildman–Crippen MR) is 86.2 cm³/mol. The minimum Gasteiger partial charge on any atom is -0.354 e. The third-order valence-electron chi connectivity index (χ3n) is 3.64. The van der Waals surface area contributed by atoms with Gasteiger partial charge in [0.05, 0.1) is 23.9 Å². The van der Waals surface area contributed by atoms with E-state index in [9.17, 15) is 13.2 Å². The Balaban J connectivity index is 1.94. The van der Waals surface area contributed by atoms with Gasteiger partial charge in [-0.3, -0.25) is 4.79 Å². The summed E-state index contributed by atoms with van der Waals surface area (Å²) in [6.45, 7) is 0.301. The zero-order chi connectivity index (χ0) is 17.2. The Hall–Kier alpha value is -2.76. The number of hydrogen-bond acceptors (Lipinski definition) is 5. The second kappa shape index (κ2) is 6.39. The van der Waals surface area contributed by atoms with E-state index in [-0.39, 0.29) is 30.6 Å². The number of benzene rings is 1. The van der Waals surface area contributed by atoms with Gasteiger partial charge in [-0.25, -0.2) is 13.4 Å². The van der Waals surface area contributed by atoms with Gasteiger partial charge in [-0.15, -0.1) is 0 Å². The van der Waals surface area contributed by atoms with Crippen molar-refractivity contribution >= 4 is 15.9 Å². The highest BCUT2D eigenvalue weighted by Crippen LogP contribution is 2.21. The van der Waals surface area contributed by atoms with Gasteiger partial charge in [0.2, 0.25) is 5.91 Å². The molecule has 1 fully saturated rings. The fourth-order valence-electron chi connectivity index (χ4n) is 2.39. The number of nitrogens with zero attached hydrogens (tertiary/aromatic N) is 3. The van der Waals surface area contributed by atoms with Crippen LogP contribution in [0.15, 0.2) is 47.5 Å². The number of piperazine rings is 1. The van der Waals surface area contributed by atoms with Crippen LogP contribution in [-0.4, -0.2) is 43.2 Å². The SMILES string of the molecule is N#Cc1ccc(-c2cccc(S(=O)(=O)N3CCNC(=O)C3)n2)cc1. The molecule has 0 atom stereocenters. The molecule has 1 N–H and O–H groups in total. The van der Waals surface area contributed by atoms with Crippen molar-refractivity contribution < 1.29 is 13.2 Å². The van der Waals surface area contributed by atoms with Crippen LogP contribution in [-0.2, 0) is 14.8 Å². The zero-order valence-electron chi connectivity index (χ0n) is 12.6. The number of carbonyl (C=O) groups excluding carboxylic acids is 1. The Morgan fingerprint density at radius 2 is 1.92 bits per heavy atom. The number of sulfonamides is 1. The topological polar surface area (TPSA) is 103 Å². The van der Waals surface area contributed by atoms with Gasteiger partial charge in [0.25, 0.3) is 10.0 Å². The number of aromatic nitrogens is 1. The molecule has 0 bridgehead atoms. The third-order valence-corrected chi connectivity index (χ3v) is 5.39. The molecule has 3 rings (SSSR count). The molecular weight excluding hydrogens is 328 g/mol. The molecular formula is C16H14N4O3S. The lowest BCUT2D eigenvalue weighted by Crippen LogP contribution is -2.49. The van der Waals surface area contributed by atoms with Crippen LogP contribution in [0.1, 0.15) is 5.56 Å². The van der Waals surface area contributed by atoms with Crippen LogP contribution in [0.2, 0.25) is 0 Å². The summed E-state index contributed by atoms with van der Waals surface area (Å²) in [5.41, 5.74) is 1.71. The first-order chi connectivity index (χ1) is 11.5. The van der Waals surface area contributed by atoms with Crippen molar-refractivity contribution in [2.24, 2.45) is 0 Å². The number of rotatable bonds is 3. The third kappa shape index (κ3) is 3.13. The monoisotopic (exact) mass is 342 g/mol. The first kappa shape index (κ1) is 16.1. The van der Waals surface area contributed by atoms with Gasteiger partial charge >= 0.3 is 0 Å². The average Bonchev–Trinajstić information content (AvgIpc) is 2.62. The summed E-state index contributed by atoms with van der Waals surface area (Å²) in [6, 6.07) is 13.5. The Bertz CT molecular complexity index is 917. The number of nitrogens with one attached hydrogen (secondary N) is 1. The fourth-order valence-corrected chi connectivity index (χ4v) is 3.74.